The SMILES string of the molecule is OCc1cnc2scc(Br)c2c1. The van der Waals surface area contributed by atoms with E-state index in [1.807, 2.05) is 11.4 Å². The summed E-state index contributed by atoms with van der Waals surface area (Å²) < 4.78 is 1.05. The van der Waals surface area contributed by atoms with Crippen LogP contribution in [0.1, 0.15) is 5.56 Å². The summed E-state index contributed by atoms with van der Waals surface area (Å²) in [6, 6.07) is 1.95. The molecule has 2 heterocycles. The third kappa shape index (κ3) is 1.26. The molecule has 0 aliphatic carbocycles. The van der Waals surface area contributed by atoms with Gasteiger partial charge in [-0.3, -0.25) is 0 Å². The number of nitrogens with zero attached hydrogens (tertiary/aromatic N) is 1. The first kappa shape index (κ1) is 8.16. The van der Waals surface area contributed by atoms with Gasteiger partial charge in [0.1, 0.15) is 4.83 Å². The Balaban J connectivity index is 2.71. The zero-order chi connectivity index (χ0) is 8.55. The number of pyridine rings is 1. The van der Waals surface area contributed by atoms with Crippen molar-refractivity contribution < 1.29 is 5.11 Å². The Bertz CT molecular complexity index is 412. The smallest absolute Gasteiger partial charge is 0.124 e. The fourth-order valence-corrected chi connectivity index (χ4v) is 2.48. The van der Waals surface area contributed by atoms with E-state index in [4.69, 9.17) is 5.11 Å². The van der Waals surface area contributed by atoms with Crippen molar-refractivity contribution in [2.24, 2.45) is 0 Å². The van der Waals surface area contributed by atoms with Crippen LogP contribution in [0.2, 0.25) is 0 Å². The Hall–Kier alpha value is -0.450. The molecule has 0 radical (unpaired) electrons. The largest absolute Gasteiger partial charge is 0.392 e. The van der Waals surface area contributed by atoms with Crippen molar-refractivity contribution in [3.05, 3.63) is 27.7 Å². The molecule has 0 saturated heterocycles. The molecule has 2 rings (SSSR count). The number of aliphatic hydroxyl groups excluding tert-OH is 1. The maximum atomic E-state index is 8.87. The molecule has 0 aromatic carbocycles. The monoisotopic (exact) mass is 243 g/mol. The van der Waals surface area contributed by atoms with Crippen LogP contribution in [0.3, 0.4) is 0 Å². The summed E-state index contributed by atoms with van der Waals surface area (Å²) >= 11 is 5.01. The van der Waals surface area contributed by atoms with Crippen LogP contribution in [0.5, 0.6) is 0 Å². The molecule has 0 amide bonds. The number of thiophene rings is 1. The average Bonchev–Trinajstić information content (AvgIpc) is 2.47. The molecule has 0 aliphatic rings. The standard InChI is InChI=1S/C8H6BrNOS/c9-7-4-12-8-6(7)1-5(3-11)2-10-8/h1-2,4,11H,3H2. The van der Waals surface area contributed by atoms with E-state index >= 15 is 0 Å². The van der Waals surface area contributed by atoms with Crippen molar-refractivity contribution in [1.82, 2.24) is 4.98 Å². The molecule has 0 fully saturated rings. The quantitative estimate of drug-likeness (QED) is 0.836. The van der Waals surface area contributed by atoms with Crippen molar-refractivity contribution in [2.75, 3.05) is 0 Å². The highest BCUT2D eigenvalue weighted by atomic mass is 79.9. The molecule has 0 unspecified atom stereocenters. The van der Waals surface area contributed by atoms with E-state index in [-0.39, 0.29) is 6.61 Å². The number of hydrogen-bond acceptors (Lipinski definition) is 3. The lowest BCUT2D eigenvalue weighted by Crippen LogP contribution is -1.83. The molecule has 0 spiro atoms. The van der Waals surface area contributed by atoms with Crippen molar-refractivity contribution in [2.45, 2.75) is 6.61 Å². The molecule has 1 N–H and O–H groups in total. The number of aliphatic hydroxyl groups is 1. The Morgan fingerprint density at radius 3 is 3.17 bits per heavy atom. The second-order valence-electron chi connectivity index (χ2n) is 2.44. The minimum atomic E-state index is 0.0469. The molecule has 0 aliphatic heterocycles. The van der Waals surface area contributed by atoms with E-state index in [0.717, 1.165) is 20.3 Å². The van der Waals surface area contributed by atoms with Crippen LogP contribution in [0, 0.1) is 0 Å². The molecule has 2 aromatic rings. The summed E-state index contributed by atoms with van der Waals surface area (Å²) in [5.74, 6) is 0. The zero-order valence-electron chi connectivity index (χ0n) is 6.12. The predicted molar refractivity (Wildman–Crippen MR) is 53.2 cm³/mol. The van der Waals surface area contributed by atoms with Gasteiger partial charge >= 0.3 is 0 Å². The summed E-state index contributed by atoms with van der Waals surface area (Å²) in [5.41, 5.74) is 0.849. The van der Waals surface area contributed by atoms with E-state index in [1.54, 1.807) is 17.5 Å². The summed E-state index contributed by atoms with van der Waals surface area (Å²) in [5, 5.41) is 11.9. The van der Waals surface area contributed by atoms with Crippen LogP contribution in [0.25, 0.3) is 10.2 Å². The normalized spacial score (nSPS) is 10.8. The summed E-state index contributed by atoms with van der Waals surface area (Å²) in [6.45, 7) is 0.0469. The maximum absolute atomic E-state index is 8.87. The predicted octanol–water partition coefficient (Wildman–Crippen LogP) is 2.55. The summed E-state index contributed by atoms with van der Waals surface area (Å²) in [4.78, 5) is 5.20. The van der Waals surface area contributed by atoms with Gasteiger partial charge in [-0.2, -0.15) is 0 Å². The number of halogens is 1. The Kier molecular flexibility index (Phi) is 2.12. The molecular weight excluding hydrogens is 238 g/mol. The van der Waals surface area contributed by atoms with Crippen molar-refractivity contribution in [3.8, 4) is 0 Å². The first-order valence-electron chi connectivity index (χ1n) is 3.44. The van der Waals surface area contributed by atoms with Crippen LogP contribution in [0.15, 0.2) is 22.1 Å². The minimum Gasteiger partial charge on any atom is -0.392 e. The van der Waals surface area contributed by atoms with E-state index in [9.17, 15) is 0 Å². The van der Waals surface area contributed by atoms with Gasteiger partial charge in [0.05, 0.1) is 6.61 Å². The first-order chi connectivity index (χ1) is 5.81. The third-order valence-corrected chi connectivity index (χ3v) is 3.48. The van der Waals surface area contributed by atoms with Gasteiger partial charge in [0, 0.05) is 21.4 Å². The summed E-state index contributed by atoms with van der Waals surface area (Å²) in [7, 11) is 0. The fourth-order valence-electron chi connectivity index (χ4n) is 1.02. The molecule has 0 atom stereocenters. The van der Waals surface area contributed by atoms with Gasteiger partial charge in [-0.15, -0.1) is 11.3 Å². The molecule has 0 bridgehead atoms. The van der Waals surface area contributed by atoms with Crippen LogP contribution in [-0.4, -0.2) is 10.1 Å². The minimum absolute atomic E-state index is 0.0469. The van der Waals surface area contributed by atoms with E-state index in [0.29, 0.717) is 0 Å². The molecule has 12 heavy (non-hydrogen) atoms. The van der Waals surface area contributed by atoms with Gasteiger partial charge in [-0.25, -0.2) is 4.98 Å². The van der Waals surface area contributed by atoms with Crippen molar-refractivity contribution in [3.63, 3.8) is 0 Å². The van der Waals surface area contributed by atoms with Crippen LogP contribution >= 0.6 is 27.3 Å². The Labute approximate surface area is 82.0 Å². The van der Waals surface area contributed by atoms with Gasteiger partial charge in [0.25, 0.3) is 0 Å². The lowest BCUT2D eigenvalue weighted by Gasteiger charge is -1.94. The molecule has 4 heteroatoms. The number of fused-ring (bicyclic) bond motifs is 1. The third-order valence-electron chi connectivity index (χ3n) is 1.62. The molecule has 0 saturated carbocycles. The fraction of sp³-hybridized carbons (Fsp3) is 0.125. The lowest BCUT2D eigenvalue weighted by molar-refractivity contribution is 0.281. The first-order valence-corrected chi connectivity index (χ1v) is 5.11. The second-order valence-corrected chi connectivity index (χ2v) is 4.15. The number of rotatable bonds is 1. The molecule has 62 valence electrons. The van der Waals surface area contributed by atoms with Gasteiger partial charge in [-0.05, 0) is 27.6 Å². The van der Waals surface area contributed by atoms with Crippen molar-refractivity contribution >= 4 is 37.5 Å². The Morgan fingerprint density at radius 1 is 1.58 bits per heavy atom. The van der Waals surface area contributed by atoms with Gasteiger partial charge in [0.15, 0.2) is 0 Å². The highest BCUT2D eigenvalue weighted by molar-refractivity contribution is 9.10. The summed E-state index contributed by atoms with van der Waals surface area (Å²) in [6.07, 6.45) is 1.70. The second kappa shape index (κ2) is 3.12. The number of aromatic nitrogens is 1. The van der Waals surface area contributed by atoms with Crippen LogP contribution in [-0.2, 0) is 6.61 Å². The Morgan fingerprint density at radius 2 is 2.42 bits per heavy atom. The van der Waals surface area contributed by atoms with E-state index in [1.165, 1.54) is 0 Å². The zero-order valence-corrected chi connectivity index (χ0v) is 8.52. The van der Waals surface area contributed by atoms with Crippen LogP contribution < -0.4 is 0 Å². The van der Waals surface area contributed by atoms with Crippen LogP contribution in [0.4, 0.5) is 0 Å². The van der Waals surface area contributed by atoms with Gasteiger partial charge in [-0.1, -0.05) is 0 Å². The highest BCUT2D eigenvalue weighted by Crippen LogP contribution is 2.28. The van der Waals surface area contributed by atoms with E-state index < -0.39 is 0 Å². The van der Waals surface area contributed by atoms with E-state index in [2.05, 4.69) is 20.9 Å². The topological polar surface area (TPSA) is 33.1 Å². The van der Waals surface area contributed by atoms with Gasteiger partial charge in [0.2, 0.25) is 0 Å². The lowest BCUT2D eigenvalue weighted by atomic mass is 10.2. The highest BCUT2D eigenvalue weighted by Gasteiger charge is 2.02. The van der Waals surface area contributed by atoms with Crippen molar-refractivity contribution in [1.29, 1.82) is 0 Å². The maximum Gasteiger partial charge on any atom is 0.124 e. The molecule has 2 aromatic heterocycles. The van der Waals surface area contributed by atoms with Gasteiger partial charge < -0.3 is 5.11 Å². The molecular formula is C8H6BrNOS. The molecule has 2 nitrogen and oxygen atoms in total. The number of hydrogen-bond donors (Lipinski definition) is 1. The average molecular weight is 244 g/mol.